The molecule has 7 heteroatoms. The van der Waals surface area contributed by atoms with E-state index in [9.17, 15) is 8.42 Å². The highest BCUT2D eigenvalue weighted by atomic mass is 32.2. The van der Waals surface area contributed by atoms with E-state index in [4.69, 9.17) is 5.14 Å². The van der Waals surface area contributed by atoms with Crippen molar-refractivity contribution in [3.63, 3.8) is 0 Å². The van der Waals surface area contributed by atoms with Gasteiger partial charge < -0.3 is 0 Å². The number of benzene rings is 1. The summed E-state index contributed by atoms with van der Waals surface area (Å²) in [5.41, 5.74) is 1.88. The molecule has 1 heterocycles. The molecule has 0 bridgehead atoms. The van der Waals surface area contributed by atoms with E-state index in [0.717, 1.165) is 11.1 Å². The molecule has 2 N–H and O–H groups in total. The molecule has 0 unspecified atom stereocenters. The molecule has 102 valence electrons. The average Bonchev–Trinajstić information content (AvgIpc) is 2.72. The summed E-state index contributed by atoms with van der Waals surface area (Å²) >= 11 is 0. The fourth-order valence-corrected chi connectivity index (χ4v) is 2.64. The van der Waals surface area contributed by atoms with Gasteiger partial charge in [-0.05, 0) is 26.8 Å². The van der Waals surface area contributed by atoms with Crippen LogP contribution in [0.15, 0.2) is 29.4 Å². The lowest BCUT2D eigenvalue weighted by atomic mass is 10.1. The molecule has 0 fully saturated rings. The van der Waals surface area contributed by atoms with E-state index in [-0.39, 0.29) is 11.2 Å². The highest BCUT2D eigenvalue weighted by Gasteiger charge is 2.23. The molecular formula is C12H16N4O2S. The number of hydrogen-bond donors (Lipinski definition) is 1. The zero-order valence-corrected chi connectivity index (χ0v) is 11.8. The van der Waals surface area contributed by atoms with Crippen LogP contribution in [0.25, 0.3) is 11.4 Å². The Morgan fingerprint density at radius 2 is 1.95 bits per heavy atom. The molecule has 2 rings (SSSR count). The van der Waals surface area contributed by atoms with E-state index in [1.54, 1.807) is 0 Å². The molecule has 19 heavy (non-hydrogen) atoms. The van der Waals surface area contributed by atoms with Gasteiger partial charge in [0.2, 0.25) is 0 Å². The predicted octanol–water partition coefficient (Wildman–Crippen LogP) is 1.48. The van der Waals surface area contributed by atoms with Gasteiger partial charge in [0, 0.05) is 11.6 Å². The molecule has 0 aliphatic carbocycles. The minimum absolute atomic E-state index is 0.112. The Bertz CT molecular complexity index is 704. The van der Waals surface area contributed by atoms with Crippen molar-refractivity contribution in [2.45, 2.75) is 32.0 Å². The summed E-state index contributed by atoms with van der Waals surface area (Å²) in [7, 11) is -3.89. The SMILES string of the molecule is Cc1cccc(-c2nnc(S(N)(=O)=O)n2C(C)C)c1. The van der Waals surface area contributed by atoms with E-state index >= 15 is 0 Å². The third-order valence-electron chi connectivity index (χ3n) is 2.71. The molecule has 0 aliphatic heterocycles. The second-order valence-electron chi connectivity index (χ2n) is 4.68. The van der Waals surface area contributed by atoms with Gasteiger partial charge in [-0.15, -0.1) is 10.2 Å². The molecule has 0 saturated heterocycles. The van der Waals surface area contributed by atoms with Gasteiger partial charge in [0.1, 0.15) is 0 Å². The Morgan fingerprint density at radius 3 is 2.47 bits per heavy atom. The topological polar surface area (TPSA) is 90.9 Å². The van der Waals surface area contributed by atoms with Crippen molar-refractivity contribution < 1.29 is 8.42 Å². The predicted molar refractivity (Wildman–Crippen MR) is 72.0 cm³/mol. The number of rotatable bonds is 3. The van der Waals surface area contributed by atoms with Gasteiger partial charge in [-0.25, -0.2) is 13.6 Å². The summed E-state index contributed by atoms with van der Waals surface area (Å²) in [6.45, 7) is 5.68. The first-order valence-electron chi connectivity index (χ1n) is 5.85. The minimum atomic E-state index is -3.89. The summed E-state index contributed by atoms with van der Waals surface area (Å²) in [5, 5.41) is 12.6. The van der Waals surface area contributed by atoms with Crippen LogP contribution in [0.2, 0.25) is 0 Å². The summed E-state index contributed by atoms with van der Waals surface area (Å²) < 4.78 is 24.6. The molecular weight excluding hydrogens is 264 g/mol. The number of primary sulfonamides is 1. The highest BCUT2D eigenvalue weighted by Crippen LogP contribution is 2.24. The van der Waals surface area contributed by atoms with Gasteiger partial charge in [0.15, 0.2) is 5.82 Å². The lowest BCUT2D eigenvalue weighted by molar-refractivity contribution is 0.524. The van der Waals surface area contributed by atoms with Crippen LogP contribution < -0.4 is 5.14 Å². The molecule has 1 aromatic carbocycles. The van der Waals surface area contributed by atoms with Crippen molar-refractivity contribution in [3.8, 4) is 11.4 Å². The number of nitrogens with two attached hydrogens (primary N) is 1. The molecule has 0 radical (unpaired) electrons. The van der Waals surface area contributed by atoms with Gasteiger partial charge >= 0.3 is 0 Å². The van der Waals surface area contributed by atoms with Crippen molar-refractivity contribution in [2.75, 3.05) is 0 Å². The smallest absolute Gasteiger partial charge is 0.273 e. The standard InChI is InChI=1S/C12H16N4O2S/c1-8(2)16-11(10-6-4-5-9(3)7-10)14-15-12(16)19(13,17)18/h4-8H,1-3H3,(H2,13,17,18). The monoisotopic (exact) mass is 280 g/mol. The zero-order chi connectivity index (χ0) is 14.2. The molecule has 6 nitrogen and oxygen atoms in total. The first-order chi connectivity index (χ1) is 8.80. The second kappa shape index (κ2) is 4.75. The third-order valence-corrected chi connectivity index (χ3v) is 3.50. The number of aryl methyl sites for hydroxylation is 1. The first-order valence-corrected chi connectivity index (χ1v) is 7.40. The van der Waals surface area contributed by atoms with E-state index in [2.05, 4.69) is 10.2 Å². The lowest BCUT2D eigenvalue weighted by Crippen LogP contribution is -2.20. The van der Waals surface area contributed by atoms with E-state index < -0.39 is 10.0 Å². The van der Waals surface area contributed by atoms with Gasteiger partial charge in [-0.1, -0.05) is 23.8 Å². The van der Waals surface area contributed by atoms with E-state index in [1.807, 2.05) is 45.0 Å². The van der Waals surface area contributed by atoms with Crippen molar-refractivity contribution in [3.05, 3.63) is 29.8 Å². The largest absolute Gasteiger partial charge is 0.294 e. The fraction of sp³-hybridized carbons (Fsp3) is 0.333. The zero-order valence-electron chi connectivity index (χ0n) is 11.0. The van der Waals surface area contributed by atoms with Crippen LogP contribution in [0.1, 0.15) is 25.5 Å². The maximum Gasteiger partial charge on any atom is 0.273 e. The first kappa shape index (κ1) is 13.7. The molecule has 0 aliphatic rings. The quantitative estimate of drug-likeness (QED) is 0.922. The van der Waals surface area contributed by atoms with Crippen LogP contribution >= 0.6 is 0 Å². The van der Waals surface area contributed by atoms with Crippen LogP contribution in [0, 0.1) is 6.92 Å². The number of nitrogens with zero attached hydrogens (tertiary/aromatic N) is 3. The number of aromatic nitrogens is 3. The van der Waals surface area contributed by atoms with Crippen LogP contribution in [0.4, 0.5) is 0 Å². The second-order valence-corrected chi connectivity index (χ2v) is 6.14. The molecule has 0 saturated carbocycles. The van der Waals surface area contributed by atoms with Crippen molar-refractivity contribution in [1.29, 1.82) is 0 Å². The normalized spacial score (nSPS) is 12.1. The molecule has 0 spiro atoms. The maximum absolute atomic E-state index is 11.5. The fourth-order valence-electron chi connectivity index (χ4n) is 1.92. The molecule has 1 aromatic heterocycles. The Hall–Kier alpha value is -1.73. The van der Waals surface area contributed by atoms with Gasteiger partial charge in [0.05, 0.1) is 0 Å². The van der Waals surface area contributed by atoms with Gasteiger partial charge in [-0.2, -0.15) is 0 Å². The lowest BCUT2D eigenvalue weighted by Gasteiger charge is -2.13. The maximum atomic E-state index is 11.5. The van der Waals surface area contributed by atoms with Crippen LogP contribution in [-0.4, -0.2) is 23.2 Å². The van der Waals surface area contributed by atoms with Crippen molar-refractivity contribution >= 4 is 10.0 Å². The Kier molecular flexibility index (Phi) is 3.42. The Labute approximate surface area is 112 Å². The molecule has 0 amide bonds. The summed E-state index contributed by atoms with van der Waals surface area (Å²) in [6, 6.07) is 7.53. The summed E-state index contributed by atoms with van der Waals surface area (Å²) in [6.07, 6.45) is 0. The Balaban J connectivity index is 2.69. The number of sulfonamides is 1. The van der Waals surface area contributed by atoms with Crippen LogP contribution in [0.5, 0.6) is 0 Å². The number of hydrogen-bond acceptors (Lipinski definition) is 4. The van der Waals surface area contributed by atoms with Crippen molar-refractivity contribution in [2.24, 2.45) is 5.14 Å². The van der Waals surface area contributed by atoms with E-state index in [1.165, 1.54) is 4.57 Å². The van der Waals surface area contributed by atoms with Gasteiger partial charge in [-0.3, -0.25) is 4.57 Å². The minimum Gasteiger partial charge on any atom is -0.294 e. The highest BCUT2D eigenvalue weighted by molar-refractivity contribution is 7.89. The molecule has 0 atom stereocenters. The van der Waals surface area contributed by atoms with Crippen LogP contribution in [0.3, 0.4) is 0 Å². The third kappa shape index (κ3) is 2.66. The van der Waals surface area contributed by atoms with E-state index in [0.29, 0.717) is 5.82 Å². The summed E-state index contributed by atoms with van der Waals surface area (Å²) in [4.78, 5) is 0. The summed E-state index contributed by atoms with van der Waals surface area (Å²) in [5.74, 6) is 0.503. The molecule has 2 aromatic rings. The van der Waals surface area contributed by atoms with Crippen LogP contribution in [-0.2, 0) is 10.0 Å². The Morgan fingerprint density at radius 1 is 1.26 bits per heavy atom. The van der Waals surface area contributed by atoms with Gasteiger partial charge in [0.25, 0.3) is 15.2 Å². The average molecular weight is 280 g/mol. The van der Waals surface area contributed by atoms with Crippen molar-refractivity contribution in [1.82, 2.24) is 14.8 Å².